The molecule has 2 aromatic carbocycles. The number of phenolic OH excluding ortho intramolecular Hbond substituents is 1. The fourth-order valence-corrected chi connectivity index (χ4v) is 2.03. The minimum atomic E-state index is -0.506. The van der Waals surface area contributed by atoms with Crippen LogP contribution in [0.25, 0.3) is 10.9 Å². The van der Waals surface area contributed by atoms with Crippen molar-refractivity contribution >= 4 is 23.0 Å². The molecule has 0 aliphatic rings. The van der Waals surface area contributed by atoms with Crippen molar-refractivity contribution in [3.63, 3.8) is 0 Å². The van der Waals surface area contributed by atoms with Crippen LogP contribution in [-0.4, -0.2) is 22.2 Å². The zero-order chi connectivity index (χ0) is 16.2. The van der Waals surface area contributed by atoms with E-state index in [1.807, 2.05) is 0 Å². The van der Waals surface area contributed by atoms with Crippen molar-refractivity contribution in [2.75, 3.05) is 0 Å². The van der Waals surface area contributed by atoms with Crippen molar-refractivity contribution in [1.29, 1.82) is 0 Å². The predicted octanol–water partition coefficient (Wildman–Crippen LogP) is 2.84. The van der Waals surface area contributed by atoms with Crippen LogP contribution < -0.4 is 5.43 Å². The smallest absolute Gasteiger partial charge is 0.289 e. The number of para-hydroxylation sites is 1. The van der Waals surface area contributed by atoms with Crippen molar-refractivity contribution < 1.29 is 14.3 Å². The quantitative estimate of drug-likeness (QED) is 0.577. The van der Waals surface area contributed by atoms with E-state index in [0.717, 1.165) is 5.39 Å². The Morgan fingerprint density at radius 2 is 1.91 bits per heavy atom. The van der Waals surface area contributed by atoms with Crippen LogP contribution in [0, 0.1) is 5.82 Å². The topological polar surface area (TPSA) is 74.6 Å². The number of hydrogen-bond acceptors (Lipinski definition) is 4. The highest BCUT2D eigenvalue weighted by molar-refractivity contribution is 5.96. The minimum Gasteiger partial charge on any atom is -0.506 e. The first kappa shape index (κ1) is 14.6. The first-order chi connectivity index (χ1) is 11.1. The largest absolute Gasteiger partial charge is 0.506 e. The molecular weight excluding hydrogens is 297 g/mol. The number of hydrazone groups is 1. The molecule has 1 amide bonds. The number of rotatable bonds is 3. The van der Waals surface area contributed by atoms with Crippen LogP contribution in [0.15, 0.2) is 59.7 Å². The zero-order valence-corrected chi connectivity index (χ0v) is 11.9. The van der Waals surface area contributed by atoms with Crippen molar-refractivity contribution in [2.45, 2.75) is 0 Å². The average Bonchev–Trinajstić information content (AvgIpc) is 2.57. The molecule has 1 heterocycles. The Kier molecular flexibility index (Phi) is 3.97. The summed E-state index contributed by atoms with van der Waals surface area (Å²) in [7, 11) is 0. The number of phenols is 1. The third-order valence-corrected chi connectivity index (χ3v) is 3.18. The van der Waals surface area contributed by atoms with E-state index in [1.165, 1.54) is 36.5 Å². The van der Waals surface area contributed by atoms with Gasteiger partial charge >= 0.3 is 0 Å². The Balaban J connectivity index is 1.75. The highest BCUT2D eigenvalue weighted by Gasteiger charge is 2.09. The number of carbonyl (C=O) groups excluding carboxylic acids is 1. The van der Waals surface area contributed by atoms with Crippen LogP contribution in [0.1, 0.15) is 16.1 Å². The molecule has 0 fully saturated rings. The first-order valence-electron chi connectivity index (χ1n) is 6.81. The molecule has 0 unspecified atom stereocenters. The second-order valence-electron chi connectivity index (χ2n) is 4.80. The van der Waals surface area contributed by atoms with Crippen molar-refractivity contribution in [1.82, 2.24) is 10.4 Å². The summed E-state index contributed by atoms with van der Waals surface area (Å²) in [4.78, 5) is 16.1. The van der Waals surface area contributed by atoms with Gasteiger partial charge in [0.2, 0.25) is 0 Å². The second-order valence-corrected chi connectivity index (χ2v) is 4.80. The number of hydrogen-bond donors (Lipinski definition) is 2. The summed E-state index contributed by atoms with van der Waals surface area (Å²) in [5.41, 5.74) is 3.47. The van der Waals surface area contributed by atoms with E-state index in [4.69, 9.17) is 0 Å². The molecule has 114 valence electrons. The second kappa shape index (κ2) is 6.23. The first-order valence-corrected chi connectivity index (χ1v) is 6.81. The maximum absolute atomic E-state index is 12.8. The van der Waals surface area contributed by atoms with Gasteiger partial charge in [-0.05, 0) is 29.8 Å². The Hall–Kier alpha value is -3.28. The molecule has 0 atom stereocenters. The van der Waals surface area contributed by atoms with Gasteiger partial charge in [-0.1, -0.05) is 30.3 Å². The van der Waals surface area contributed by atoms with E-state index < -0.39 is 5.91 Å². The highest BCUT2D eigenvalue weighted by Crippen LogP contribution is 2.22. The lowest BCUT2D eigenvalue weighted by atomic mass is 10.2. The molecule has 0 aliphatic carbocycles. The van der Waals surface area contributed by atoms with Gasteiger partial charge in [-0.3, -0.25) is 4.79 Å². The molecular formula is C17H12FN3O2. The van der Waals surface area contributed by atoms with Crippen LogP contribution in [0.3, 0.4) is 0 Å². The van der Waals surface area contributed by atoms with E-state index in [9.17, 15) is 14.3 Å². The van der Waals surface area contributed by atoms with Gasteiger partial charge in [-0.15, -0.1) is 0 Å². The zero-order valence-electron chi connectivity index (χ0n) is 11.9. The van der Waals surface area contributed by atoms with Crippen LogP contribution >= 0.6 is 0 Å². The predicted molar refractivity (Wildman–Crippen MR) is 84.9 cm³/mol. The molecule has 1 aromatic heterocycles. The summed E-state index contributed by atoms with van der Waals surface area (Å²) in [5.74, 6) is -0.841. The lowest BCUT2D eigenvalue weighted by Crippen LogP contribution is -2.18. The molecule has 23 heavy (non-hydrogen) atoms. The molecule has 0 aliphatic heterocycles. The van der Waals surface area contributed by atoms with Crippen molar-refractivity contribution in [2.24, 2.45) is 5.10 Å². The number of fused-ring (bicyclic) bond motifs is 1. The van der Waals surface area contributed by atoms with Crippen LogP contribution in [0.2, 0.25) is 0 Å². The molecule has 0 spiro atoms. The summed E-state index contributed by atoms with van der Waals surface area (Å²) < 4.78 is 12.8. The van der Waals surface area contributed by atoms with E-state index in [0.29, 0.717) is 11.1 Å². The number of amides is 1. The minimum absolute atomic E-state index is 0.00645. The third kappa shape index (κ3) is 3.32. The molecule has 2 N–H and O–H groups in total. The van der Waals surface area contributed by atoms with Gasteiger partial charge in [0.15, 0.2) is 0 Å². The molecule has 0 radical (unpaired) electrons. The SMILES string of the molecule is O=C(N/N=C/c1ccc(F)cc1)c1ccc2cccc(O)c2n1. The van der Waals surface area contributed by atoms with Gasteiger partial charge in [0.1, 0.15) is 22.8 Å². The average molecular weight is 309 g/mol. The van der Waals surface area contributed by atoms with Crippen LogP contribution in [0.5, 0.6) is 5.75 Å². The Labute approximate surface area is 131 Å². The number of halogens is 1. The van der Waals surface area contributed by atoms with E-state index in [-0.39, 0.29) is 17.3 Å². The third-order valence-electron chi connectivity index (χ3n) is 3.18. The van der Waals surface area contributed by atoms with E-state index in [1.54, 1.807) is 24.3 Å². The van der Waals surface area contributed by atoms with Gasteiger partial charge < -0.3 is 5.11 Å². The Morgan fingerprint density at radius 1 is 1.13 bits per heavy atom. The molecule has 0 saturated heterocycles. The maximum Gasteiger partial charge on any atom is 0.289 e. The summed E-state index contributed by atoms with van der Waals surface area (Å²) in [6, 6.07) is 13.9. The van der Waals surface area contributed by atoms with Crippen molar-refractivity contribution in [3.05, 3.63) is 71.7 Å². The van der Waals surface area contributed by atoms with Gasteiger partial charge in [-0.2, -0.15) is 5.10 Å². The van der Waals surface area contributed by atoms with Gasteiger partial charge in [-0.25, -0.2) is 14.8 Å². The number of pyridine rings is 1. The fourth-order valence-electron chi connectivity index (χ4n) is 2.03. The summed E-state index contributed by atoms with van der Waals surface area (Å²) >= 11 is 0. The summed E-state index contributed by atoms with van der Waals surface area (Å²) in [6.07, 6.45) is 1.40. The normalized spacial score (nSPS) is 11.0. The lowest BCUT2D eigenvalue weighted by Gasteiger charge is -2.03. The van der Waals surface area contributed by atoms with Gasteiger partial charge in [0.05, 0.1) is 6.21 Å². The lowest BCUT2D eigenvalue weighted by molar-refractivity contribution is 0.0950. The number of benzene rings is 2. The number of aromatic nitrogens is 1. The Bertz CT molecular complexity index is 892. The molecule has 0 bridgehead atoms. The van der Waals surface area contributed by atoms with Gasteiger partial charge in [0, 0.05) is 5.39 Å². The summed E-state index contributed by atoms with van der Waals surface area (Å²) in [6.45, 7) is 0. The number of nitrogens with zero attached hydrogens (tertiary/aromatic N) is 2. The van der Waals surface area contributed by atoms with E-state index >= 15 is 0 Å². The molecule has 3 aromatic rings. The molecule has 6 heteroatoms. The van der Waals surface area contributed by atoms with Crippen LogP contribution in [0.4, 0.5) is 4.39 Å². The number of aromatic hydroxyl groups is 1. The monoisotopic (exact) mass is 309 g/mol. The molecule has 5 nitrogen and oxygen atoms in total. The Morgan fingerprint density at radius 3 is 2.70 bits per heavy atom. The van der Waals surface area contributed by atoms with Crippen LogP contribution in [-0.2, 0) is 0 Å². The number of carbonyl (C=O) groups is 1. The fraction of sp³-hybridized carbons (Fsp3) is 0. The number of nitrogens with one attached hydrogen (secondary N) is 1. The standard InChI is InChI=1S/C17H12FN3O2/c18-13-7-4-11(5-8-13)10-19-21-17(23)14-9-6-12-2-1-3-15(22)16(12)20-14/h1-10,22H,(H,21,23)/b19-10+. The molecule has 3 rings (SSSR count). The summed E-state index contributed by atoms with van der Waals surface area (Å²) in [5, 5.41) is 14.3. The maximum atomic E-state index is 12.8. The van der Waals surface area contributed by atoms with E-state index in [2.05, 4.69) is 15.5 Å². The molecule has 0 saturated carbocycles. The van der Waals surface area contributed by atoms with Crippen molar-refractivity contribution in [3.8, 4) is 5.75 Å². The highest BCUT2D eigenvalue weighted by atomic mass is 19.1. The van der Waals surface area contributed by atoms with Gasteiger partial charge in [0.25, 0.3) is 5.91 Å².